The number of hydrogen-bond acceptors (Lipinski definition) is 2. The molecule has 0 aliphatic heterocycles. The molecule has 3 aromatic carbocycles. The number of aliphatic hydroxyl groups is 1. The van der Waals surface area contributed by atoms with Gasteiger partial charge in [0.15, 0.2) is 0 Å². The van der Waals surface area contributed by atoms with Crippen molar-refractivity contribution < 1.29 is 30.0 Å². The van der Waals surface area contributed by atoms with Gasteiger partial charge in [-0.15, -0.1) is 29.3 Å². The maximum absolute atomic E-state index is 9.60. The van der Waals surface area contributed by atoms with Crippen molar-refractivity contribution in [3.05, 3.63) is 102 Å². The summed E-state index contributed by atoms with van der Waals surface area (Å²) in [7, 11) is 0. The summed E-state index contributed by atoms with van der Waals surface area (Å²) in [4.78, 5) is 14.4. The van der Waals surface area contributed by atoms with Gasteiger partial charge in [-0.05, 0) is 48.9 Å². The van der Waals surface area contributed by atoms with Crippen LogP contribution in [0.5, 0.6) is 0 Å². The largest absolute Gasteiger partial charge is 0.511 e. The van der Waals surface area contributed by atoms with Crippen LogP contribution < -0.4 is 0 Å². The van der Waals surface area contributed by atoms with Gasteiger partial charge in [0.25, 0.3) is 0 Å². The Morgan fingerprint density at radius 3 is 2.15 bits per heavy atom. The van der Waals surface area contributed by atoms with Crippen LogP contribution in [0.1, 0.15) is 66.5 Å². The van der Waals surface area contributed by atoms with Crippen LogP contribution >= 0.6 is 0 Å². The summed E-state index contributed by atoms with van der Waals surface area (Å²) >= 11 is 0. The number of pyridine rings is 1. The molecule has 4 heteroatoms. The molecule has 0 fully saturated rings. The fourth-order valence-corrected chi connectivity index (χ4v) is 4.57. The molecule has 0 saturated carbocycles. The second kappa shape index (κ2) is 11.2. The Hall–Kier alpha value is -3.07. The first kappa shape index (κ1) is 30.5. The van der Waals surface area contributed by atoms with Crippen molar-refractivity contribution in [2.75, 3.05) is 0 Å². The van der Waals surface area contributed by atoms with Crippen molar-refractivity contribution in [1.29, 1.82) is 0 Å². The zero-order valence-corrected chi connectivity index (χ0v) is 26.6. The number of nitrogens with zero attached hydrogens (tertiary/aromatic N) is 1. The van der Waals surface area contributed by atoms with E-state index in [-0.39, 0.29) is 47.9 Å². The molecule has 205 valence electrons. The van der Waals surface area contributed by atoms with E-state index in [4.69, 9.17) is 4.98 Å². The predicted molar refractivity (Wildman–Crippen MR) is 160 cm³/mol. The Morgan fingerprint density at radius 1 is 0.846 bits per heavy atom. The molecule has 1 heterocycles. The van der Waals surface area contributed by atoms with Crippen LogP contribution in [0.4, 0.5) is 0 Å². The van der Waals surface area contributed by atoms with E-state index < -0.39 is 0 Å². The topological polar surface area (TPSA) is 54.5 Å². The summed E-state index contributed by atoms with van der Waals surface area (Å²) in [6, 6.07) is 29.0. The van der Waals surface area contributed by atoms with Gasteiger partial charge in [-0.1, -0.05) is 100 Å². The summed E-state index contributed by atoms with van der Waals surface area (Å²) in [5.41, 5.74) is 7.84. The second-order valence-electron chi connectivity index (χ2n) is 12.6. The standard InChI is InChI=1S/C24H18N.C11H20O2.Ir/c1-24(2)20-9-5-4-8-18(20)19-13-11-17(15-21(19)24)23-14-12-16-7-3-6-10-22(16)25-23;1-10(2,3)8(12)7-9(13)11(4,5)6;/h3-10,12-15H,1-2H3;7,12H,1-6H3;/q-1;;/p+1/b;8-7-;. The smallest absolute Gasteiger partial charge is 0.325 e. The number of allylic oxidation sites excluding steroid dienone is 2. The Kier molecular flexibility index (Phi) is 8.75. The number of rotatable bonds is 2. The van der Waals surface area contributed by atoms with Gasteiger partial charge in [-0.3, -0.25) is 9.78 Å². The summed E-state index contributed by atoms with van der Waals surface area (Å²) in [6.45, 7) is 16.0. The summed E-state index contributed by atoms with van der Waals surface area (Å²) < 4.78 is 0. The monoisotopic (exact) mass is 698 g/mol. The van der Waals surface area contributed by atoms with E-state index in [0.29, 0.717) is 0 Å². The number of aromatic nitrogens is 1. The average molecular weight is 698 g/mol. The number of fused-ring (bicyclic) bond motifs is 4. The molecule has 0 bridgehead atoms. The molecule has 0 atom stereocenters. The van der Waals surface area contributed by atoms with Crippen LogP contribution in [0.2, 0.25) is 0 Å². The molecule has 4 aromatic rings. The van der Waals surface area contributed by atoms with Crippen molar-refractivity contribution in [1.82, 2.24) is 4.98 Å². The molecule has 0 amide bonds. The number of para-hydroxylation sites is 1. The summed E-state index contributed by atoms with van der Waals surface area (Å²) in [5, 5.41) is 10.8. The van der Waals surface area contributed by atoms with Gasteiger partial charge in [0.2, 0.25) is 0 Å². The molecule has 2 N–H and O–H groups in total. The van der Waals surface area contributed by atoms with Crippen LogP contribution in [0.25, 0.3) is 33.3 Å². The third kappa shape index (κ3) is 6.40. The Balaban J connectivity index is 0.000000260. The normalized spacial score (nSPS) is 14.0. The zero-order valence-electron chi connectivity index (χ0n) is 24.2. The number of benzene rings is 3. The van der Waals surface area contributed by atoms with Crippen molar-refractivity contribution in [3.63, 3.8) is 0 Å². The number of carbonyl (C=O) groups excluding carboxylic acids is 1. The Labute approximate surface area is 246 Å². The van der Waals surface area contributed by atoms with Crippen LogP contribution in [0.15, 0.2) is 84.6 Å². The van der Waals surface area contributed by atoms with Gasteiger partial charge in [0.1, 0.15) is 5.76 Å². The van der Waals surface area contributed by atoms with Crippen LogP contribution in [0.3, 0.4) is 0 Å². The average Bonchev–Trinajstić information content (AvgIpc) is 3.09. The molecule has 1 aromatic heterocycles. The van der Waals surface area contributed by atoms with E-state index in [0.717, 1.165) is 16.8 Å². The molecule has 0 saturated heterocycles. The van der Waals surface area contributed by atoms with Crippen molar-refractivity contribution in [2.45, 2.75) is 60.8 Å². The first-order valence-electron chi connectivity index (χ1n) is 13.2. The molecule has 5 rings (SSSR count). The van der Waals surface area contributed by atoms with Gasteiger partial charge >= 0.3 is 5.78 Å². The van der Waals surface area contributed by atoms with E-state index in [2.05, 4.69) is 80.6 Å². The van der Waals surface area contributed by atoms with Gasteiger partial charge in [0.05, 0.1) is 17.0 Å². The molecule has 1 aliphatic carbocycles. The van der Waals surface area contributed by atoms with Gasteiger partial charge in [-0.2, -0.15) is 0 Å². The van der Waals surface area contributed by atoms with E-state index in [1.165, 1.54) is 33.7 Å². The minimum Gasteiger partial charge on any atom is -0.511 e. The van der Waals surface area contributed by atoms with Crippen molar-refractivity contribution in [3.8, 4) is 22.4 Å². The SMILES string of the molecule is CC(C)(C)C(=[OH+])/C=C(\O)C(C)(C)C.CC1(C)c2ccccc2-c2c[c-]c(-c3ccc4ccccc4n3)cc21.[Ir]. The summed E-state index contributed by atoms with van der Waals surface area (Å²) in [6.07, 6.45) is 1.44. The zero-order chi connectivity index (χ0) is 27.9. The van der Waals surface area contributed by atoms with Gasteiger partial charge in [-0.25, -0.2) is 0 Å². The first-order chi connectivity index (χ1) is 17.7. The third-order valence-electron chi connectivity index (χ3n) is 7.20. The Morgan fingerprint density at radius 2 is 1.49 bits per heavy atom. The Bertz CT molecular complexity index is 1530. The van der Waals surface area contributed by atoms with Crippen molar-refractivity contribution >= 4 is 16.7 Å². The van der Waals surface area contributed by atoms with Crippen LogP contribution in [0, 0.1) is 16.9 Å². The number of hydrogen-bond donors (Lipinski definition) is 1. The van der Waals surface area contributed by atoms with Gasteiger partial charge in [0, 0.05) is 25.5 Å². The quantitative estimate of drug-likeness (QED) is 0.0984. The summed E-state index contributed by atoms with van der Waals surface area (Å²) in [5.74, 6) is 0.417. The second-order valence-corrected chi connectivity index (χ2v) is 12.6. The molecule has 1 radical (unpaired) electrons. The fourth-order valence-electron chi connectivity index (χ4n) is 4.57. The van der Waals surface area contributed by atoms with E-state index >= 15 is 0 Å². The van der Waals surface area contributed by atoms with E-state index in [9.17, 15) is 9.90 Å². The molecule has 3 nitrogen and oxygen atoms in total. The van der Waals surface area contributed by atoms with E-state index in [1.54, 1.807) is 0 Å². The molecular weight excluding hydrogens is 659 g/mol. The van der Waals surface area contributed by atoms with Crippen molar-refractivity contribution in [2.24, 2.45) is 10.8 Å². The van der Waals surface area contributed by atoms with Crippen LogP contribution in [-0.2, 0) is 25.5 Å². The minimum atomic E-state index is -0.306. The molecule has 39 heavy (non-hydrogen) atoms. The van der Waals surface area contributed by atoms with E-state index in [1.807, 2.05) is 53.7 Å². The molecular formula is C35H39IrNO2. The molecule has 0 unspecified atom stereocenters. The maximum Gasteiger partial charge on any atom is 0.325 e. The molecule has 1 aliphatic rings. The third-order valence-corrected chi connectivity index (χ3v) is 7.20. The first-order valence-corrected chi connectivity index (χ1v) is 13.2. The maximum atomic E-state index is 9.60. The minimum absolute atomic E-state index is 0. The predicted octanol–water partition coefficient (Wildman–Crippen LogP) is 9.07. The van der Waals surface area contributed by atoms with Gasteiger partial charge < -0.3 is 5.11 Å². The molecule has 0 spiro atoms. The fraction of sp³-hybridized carbons (Fsp3) is 0.314. The number of aliphatic hydroxyl groups excluding tert-OH is 1. The number of ketones is 1. The van der Waals surface area contributed by atoms with Crippen LogP contribution in [-0.4, -0.2) is 20.7 Å².